The number of nitrogens with one attached hydrogen (secondary N) is 1. The summed E-state index contributed by atoms with van der Waals surface area (Å²) < 4.78 is 0. The number of carbonyl (C=O) groups excluding carboxylic acids is 1. The molecule has 1 aromatic rings. The van der Waals surface area contributed by atoms with Gasteiger partial charge in [-0.3, -0.25) is 4.79 Å². The standard InChI is InChI=1S/C14H22N2O2/c1-10(2)6-13(9-17)16-8-11-4-3-5-12(7-11)14(15)18/h3-5,7,10,13,16-17H,6,8-9H2,1-2H3,(H2,15,18). The van der Waals surface area contributed by atoms with Crippen LogP contribution in [0.4, 0.5) is 0 Å². The molecule has 0 saturated carbocycles. The lowest BCUT2D eigenvalue weighted by Crippen LogP contribution is -2.33. The number of hydrogen-bond donors (Lipinski definition) is 3. The summed E-state index contributed by atoms with van der Waals surface area (Å²) in [5.41, 5.74) is 6.74. The fraction of sp³-hybridized carbons (Fsp3) is 0.500. The van der Waals surface area contributed by atoms with Crippen LogP contribution in [-0.4, -0.2) is 23.7 Å². The monoisotopic (exact) mass is 250 g/mol. The summed E-state index contributed by atoms with van der Waals surface area (Å²) >= 11 is 0. The first kappa shape index (κ1) is 14.7. The van der Waals surface area contributed by atoms with Gasteiger partial charge in [0.2, 0.25) is 5.91 Å². The van der Waals surface area contributed by atoms with E-state index in [0.29, 0.717) is 18.0 Å². The molecule has 4 N–H and O–H groups in total. The number of hydrogen-bond acceptors (Lipinski definition) is 3. The van der Waals surface area contributed by atoms with Crippen LogP contribution < -0.4 is 11.1 Å². The summed E-state index contributed by atoms with van der Waals surface area (Å²) in [6.45, 7) is 4.99. The lowest BCUT2D eigenvalue weighted by atomic mass is 10.0. The van der Waals surface area contributed by atoms with Gasteiger partial charge in [0.05, 0.1) is 6.61 Å². The van der Waals surface area contributed by atoms with Crippen LogP contribution >= 0.6 is 0 Å². The molecule has 0 heterocycles. The number of primary amides is 1. The van der Waals surface area contributed by atoms with E-state index < -0.39 is 5.91 Å². The minimum absolute atomic E-state index is 0.0854. The Kier molecular flexibility index (Phi) is 5.82. The van der Waals surface area contributed by atoms with Crippen molar-refractivity contribution in [1.82, 2.24) is 5.32 Å². The van der Waals surface area contributed by atoms with Gasteiger partial charge in [-0.1, -0.05) is 26.0 Å². The van der Waals surface area contributed by atoms with Crippen molar-refractivity contribution in [2.24, 2.45) is 11.7 Å². The van der Waals surface area contributed by atoms with Crippen LogP contribution in [-0.2, 0) is 6.54 Å². The minimum Gasteiger partial charge on any atom is -0.395 e. The highest BCUT2D eigenvalue weighted by molar-refractivity contribution is 5.92. The van der Waals surface area contributed by atoms with Crippen LogP contribution in [0.5, 0.6) is 0 Å². The van der Waals surface area contributed by atoms with Crippen LogP contribution in [0.25, 0.3) is 0 Å². The smallest absolute Gasteiger partial charge is 0.248 e. The lowest BCUT2D eigenvalue weighted by Gasteiger charge is -2.18. The first-order valence-corrected chi connectivity index (χ1v) is 6.26. The highest BCUT2D eigenvalue weighted by Crippen LogP contribution is 2.07. The molecule has 4 heteroatoms. The topological polar surface area (TPSA) is 75.3 Å². The van der Waals surface area contributed by atoms with Gasteiger partial charge in [-0.2, -0.15) is 0 Å². The Morgan fingerprint density at radius 3 is 2.72 bits per heavy atom. The molecule has 1 aromatic carbocycles. The molecule has 0 aliphatic heterocycles. The van der Waals surface area contributed by atoms with Gasteiger partial charge in [0.25, 0.3) is 0 Å². The van der Waals surface area contributed by atoms with Gasteiger partial charge in [0, 0.05) is 18.2 Å². The van der Waals surface area contributed by atoms with Crippen molar-refractivity contribution >= 4 is 5.91 Å². The molecule has 1 atom stereocenters. The highest BCUT2D eigenvalue weighted by Gasteiger charge is 2.09. The van der Waals surface area contributed by atoms with Crippen molar-refractivity contribution < 1.29 is 9.90 Å². The van der Waals surface area contributed by atoms with Gasteiger partial charge in [-0.15, -0.1) is 0 Å². The van der Waals surface area contributed by atoms with E-state index in [1.807, 2.05) is 12.1 Å². The molecule has 0 aromatic heterocycles. The molecule has 0 aliphatic rings. The van der Waals surface area contributed by atoms with Crippen molar-refractivity contribution in [1.29, 1.82) is 0 Å². The zero-order valence-electron chi connectivity index (χ0n) is 11.0. The summed E-state index contributed by atoms with van der Waals surface area (Å²) in [6.07, 6.45) is 0.923. The summed E-state index contributed by atoms with van der Waals surface area (Å²) in [7, 11) is 0. The van der Waals surface area contributed by atoms with E-state index in [9.17, 15) is 9.90 Å². The predicted octanol–water partition coefficient (Wildman–Crippen LogP) is 1.28. The van der Waals surface area contributed by atoms with Crippen LogP contribution in [0.1, 0.15) is 36.2 Å². The Morgan fingerprint density at radius 1 is 1.44 bits per heavy atom. The summed E-state index contributed by atoms with van der Waals surface area (Å²) in [4.78, 5) is 11.1. The largest absolute Gasteiger partial charge is 0.395 e. The van der Waals surface area contributed by atoms with E-state index in [1.54, 1.807) is 12.1 Å². The predicted molar refractivity (Wildman–Crippen MR) is 72.1 cm³/mol. The molecule has 0 radical (unpaired) electrons. The number of benzene rings is 1. The SMILES string of the molecule is CC(C)CC(CO)NCc1cccc(C(N)=O)c1. The fourth-order valence-corrected chi connectivity index (χ4v) is 1.89. The van der Waals surface area contributed by atoms with Crippen molar-refractivity contribution in [3.63, 3.8) is 0 Å². The summed E-state index contributed by atoms with van der Waals surface area (Å²) in [6, 6.07) is 7.31. The second kappa shape index (κ2) is 7.13. The Labute approximate surface area is 108 Å². The Hall–Kier alpha value is -1.39. The van der Waals surface area contributed by atoms with Crippen LogP contribution in [0.15, 0.2) is 24.3 Å². The second-order valence-corrected chi connectivity index (χ2v) is 4.95. The van der Waals surface area contributed by atoms with Crippen molar-refractivity contribution in [2.75, 3.05) is 6.61 Å². The average molecular weight is 250 g/mol. The zero-order valence-corrected chi connectivity index (χ0v) is 11.0. The molecule has 0 saturated heterocycles. The van der Waals surface area contributed by atoms with E-state index in [2.05, 4.69) is 19.2 Å². The molecular weight excluding hydrogens is 228 g/mol. The summed E-state index contributed by atoms with van der Waals surface area (Å²) in [5.74, 6) is 0.115. The third kappa shape index (κ3) is 4.85. The molecule has 18 heavy (non-hydrogen) atoms. The van der Waals surface area contributed by atoms with E-state index in [4.69, 9.17) is 5.73 Å². The first-order valence-electron chi connectivity index (χ1n) is 6.26. The van der Waals surface area contributed by atoms with Gasteiger partial charge >= 0.3 is 0 Å². The van der Waals surface area contributed by atoms with Crippen molar-refractivity contribution in [3.8, 4) is 0 Å². The quantitative estimate of drug-likeness (QED) is 0.682. The number of carbonyl (C=O) groups is 1. The van der Waals surface area contributed by atoms with E-state index in [0.717, 1.165) is 12.0 Å². The lowest BCUT2D eigenvalue weighted by molar-refractivity contribution is 0.1000. The van der Waals surface area contributed by atoms with Gasteiger partial charge < -0.3 is 16.2 Å². The maximum atomic E-state index is 11.1. The molecule has 1 rings (SSSR count). The van der Waals surface area contributed by atoms with Crippen LogP contribution in [0, 0.1) is 5.92 Å². The number of nitrogens with two attached hydrogens (primary N) is 1. The van der Waals surface area contributed by atoms with Crippen LogP contribution in [0.3, 0.4) is 0 Å². The minimum atomic E-state index is -0.419. The first-order chi connectivity index (χ1) is 8.52. The number of aliphatic hydroxyl groups excluding tert-OH is 1. The Bertz CT molecular complexity index is 391. The van der Waals surface area contributed by atoms with E-state index in [-0.39, 0.29) is 12.6 Å². The zero-order chi connectivity index (χ0) is 13.5. The van der Waals surface area contributed by atoms with Gasteiger partial charge in [0.1, 0.15) is 0 Å². The molecule has 0 aliphatic carbocycles. The third-order valence-corrected chi connectivity index (χ3v) is 2.78. The molecule has 0 fully saturated rings. The Morgan fingerprint density at radius 2 is 2.17 bits per heavy atom. The fourth-order valence-electron chi connectivity index (χ4n) is 1.89. The van der Waals surface area contributed by atoms with Gasteiger partial charge in [-0.05, 0) is 30.0 Å². The third-order valence-electron chi connectivity index (χ3n) is 2.78. The van der Waals surface area contributed by atoms with Crippen molar-refractivity contribution in [2.45, 2.75) is 32.9 Å². The van der Waals surface area contributed by atoms with E-state index >= 15 is 0 Å². The maximum Gasteiger partial charge on any atom is 0.248 e. The maximum absolute atomic E-state index is 11.1. The normalized spacial score (nSPS) is 12.7. The molecule has 100 valence electrons. The molecule has 0 spiro atoms. The number of amides is 1. The van der Waals surface area contributed by atoms with Gasteiger partial charge in [-0.25, -0.2) is 0 Å². The van der Waals surface area contributed by atoms with E-state index in [1.165, 1.54) is 0 Å². The molecular formula is C14H22N2O2. The molecule has 0 bridgehead atoms. The van der Waals surface area contributed by atoms with Gasteiger partial charge in [0.15, 0.2) is 0 Å². The van der Waals surface area contributed by atoms with Crippen LogP contribution in [0.2, 0.25) is 0 Å². The molecule has 1 unspecified atom stereocenters. The number of rotatable bonds is 7. The average Bonchev–Trinajstić information content (AvgIpc) is 2.34. The second-order valence-electron chi connectivity index (χ2n) is 4.95. The molecule has 1 amide bonds. The van der Waals surface area contributed by atoms with Crippen molar-refractivity contribution in [3.05, 3.63) is 35.4 Å². The Balaban J connectivity index is 2.56. The molecule has 4 nitrogen and oxygen atoms in total. The summed E-state index contributed by atoms with van der Waals surface area (Å²) in [5, 5.41) is 12.5. The number of aliphatic hydroxyl groups is 1. The highest BCUT2D eigenvalue weighted by atomic mass is 16.3.